The molecule has 0 saturated carbocycles. The predicted octanol–water partition coefficient (Wildman–Crippen LogP) is -5.64. The maximum Gasteiger partial charge on any atom is 1.00 e. The van der Waals surface area contributed by atoms with Gasteiger partial charge in [0.25, 0.3) is 5.70 Å². The van der Waals surface area contributed by atoms with E-state index in [1.54, 1.807) is 13.0 Å². The standard InChI is InChI=1S/C9H14NO6P.2Na/c1-6-3-4-9(10(11)12)8(6)5-7(2)16-17(13,14)15;;/h3-4,7-8H,5H2,1-2H3,(H2,13,14,15);;/q;2*+1/p-2. The Morgan fingerprint density at radius 1 is 1.42 bits per heavy atom. The molecule has 0 spiro atoms. The molecule has 19 heavy (non-hydrogen) atoms. The van der Waals surface area contributed by atoms with E-state index in [2.05, 4.69) is 4.52 Å². The molecule has 0 saturated heterocycles. The number of phosphoric acid groups is 1. The zero-order chi connectivity index (χ0) is 13.2. The summed E-state index contributed by atoms with van der Waals surface area (Å²) in [6, 6.07) is 0. The topological polar surface area (TPSA) is 116 Å². The predicted molar refractivity (Wildman–Crippen MR) is 55.1 cm³/mol. The van der Waals surface area contributed by atoms with Crippen LogP contribution in [0.2, 0.25) is 0 Å². The number of nitrogens with zero attached hydrogens (tertiary/aromatic N) is 1. The van der Waals surface area contributed by atoms with E-state index >= 15 is 0 Å². The molecule has 10 heteroatoms. The molecule has 2 atom stereocenters. The van der Waals surface area contributed by atoms with Gasteiger partial charge in [0.1, 0.15) is 0 Å². The first kappa shape index (κ1) is 22.3. The second kappa shape index (κ2) is 9.10. The maximum atomic E-state index is 10.7. The molecule has 0 fully saturated rings. The fourth-order valence-corrected chi connectivity index (χ4v) is 2.30. The summed E-state index contributed by atoms with van der Waals surface area (Å²) in [6.45, 7) is 3.10. The quantitative estimate of drug-likeness (QED) is 0.216. The van der Waals surface area contributed by atoms with Gasteiger partial charge < -0.3 is 18.9 Å². The molecule has 0 aliphatic heterocycles. The first-order valence-corrected chi connectivity index (χ1v) is 6.40. The van der Waals surface area contributed by atoms with E-state index in [1.807, 2.05) is 0 Å². The summed E-state index contributed by atoms with van der Waals surface area (Å²) in [5.74, 6) is -0.508. The summed E-state index contributed by atoms with van der Waals surface area (Å²) in [5.41, 5.74) is 0.739. The van der Waals surface area contributed by atoms with Crippen LogP contribution in [0.5, 0.6) is 0 Å². The molecule has 0 aromatic carbocycles. The van der Waals surface area contributed by atoms with Gasteiger partial charge in [0.2, 0.25) is 0 Å². The molecule has 7 nitrogen and oxygen atoms in total. The molecule has 0 radical (unpaired) electrons. The number of allylic oxidation sites excluding steroid dienone is 3. The zero-order valence-corrected chi connectivity index (χ0v) is 16.3. The molecular weight excluding hydrogens is 295 g/mol. The number of hydrogen-bond donors (Lipinski definition) is 0. The minimum absolute atomic E-state index is 0. The van der Waals surface area contributed by atoms with Crippen molar-refractivity contribution in [3.63, 3.8) is 0 Å². The SMILES string of the molecule is CC1=CC=C([N+](=O)[O-])C1CC(C)OP(=O)([O-])[O-].[Na+].[Na+]. The van der Waals surface area contributed by atoms with Crippen LogP contribution in [0.25, 0.3) is 0 Å². The fourth-order valence-electron chi connectivity index (χ4n) is 1.77. The molecule has 0 aromatic rings. The van der Waals surface area contributed by atoms with Crippen molar-refractivity contribution in [1.82, 2.24) is 0 Å². The van der Waals surface area contributed by atoms with Gasteiger partial charge in [-0.15, -0.1) is 0 Å². The largest absolute Gasteiger partial charge is 1.00 e. The molecule has 1 aliphatic rings. The molecule has 96 valence electrons. The van der Waals surface area contributed by atoms with Crippen LogP contribution in [0, 0.1) is 16.0 Å². The van der Waals surface area contributed by atoms with Gasteiger partial charge in [-0.3, -0.25) is 10.1 Å². The van der Waals surface area contributed by atoms with Gasteiger partial charge in [0.05, 0.1) is 24.8 Å². The minimum Gasteiger partial charge on any atom is -0.790 e. The Morgan fingerprint density at radius 3 is 2.37 bits per heavy atom. The van der Waals surface area contributed by atoms with Gasteiger partial charge >= 0.3 is 59.1 Å². The van der Waals surface area contributed by atoms with E-state index in [9.17, 15) is 24.5 Å². The van der Waals surface area contributed by atoms with Gasteiger partial charge in [-0.05, 0) is 20.3 Å². The summed E-state index contributed by atoms with van der Waals surface area (Å²) < 4.78 is 14.6. The van der Waals surface area contributed by atoms with Crippen molar-refractivity contribution >= 4 is 7.82 Å². The molecule has 0 aromatic heterocycles. The van der Waals surface area contributed by atoms with Gasteiger partial charge in [-0.1, -0.05) is 11.6 Å². The van der Waals surface area contributed by atoms with Gasteiger partial charge in [0.15, 0.2) is 0 Å². The third-order valence-electron chi connectivity index (χ3n) is 2.51. The van der Waals surface area contributed by atoms with E-state index in [0.29, 0.717) is 0 Å². The Labute approximate surface area is 155 Å². The van der Waals surface area contributed by atoms with Crippen LogP contribution in [-0.2, 0) is 9.09 Å². The van der Waals surface area contributed by atoms with Crippen LogP contribution in [0.1, 0.15) is 20.3 Å². The summed E-state index contributed by atoms with van der Waals surface area (Å²) in [4.78, 5) is 31.0. The third-order valence-corrected chi connectivity index (χ3v) is 3.13. The number of hydrogen-bond acceptors (Lipinski definition) is 6. The van der Waals surface area contributed by atoms with Crippen LogP contribution in [-0.4, -0.2) is 11.0 Å². The minimum atomic E-state index is -5.05. The van der Waals surface area contributed by atoms with Gasteiger partial charge in [0, 0.05) is 6.08 Å². The van der Waals surface area contributed by atoms with Crippen LogP contribution in [0.4, 0.5) is 0 Å². The molecular formula is C9H12NNa2O6P. The maximum absolute atomic E-state index is 10.7. The van der Waals surface area contributed by atoms with E-state index in [4.69, 9.17) is 0 Å². The van der Waals surface area contributed by atoms with Gasteiger partial charge in [-0.25, -0.2) is 0 Å². The Hall–Kier alpha value is 0.990. The monoisotopic (exact) mass is 307 g/mol. The number of phosphoric ester groups is 1. The second-order valence-corrected chi connectivity index (χ2v) is 5.02. The van der Waals surface area contributed by atoms with Crippen molar-refractivity contribution in [3.8, 4) is 0 Å². The van der Waals surface area contributed by atoms with E-state index in [1.165, 1.54) is 13.0 Å². The first-order chi connectivity index (χ1) is 7.70. The Balaban J connectivity index is 0. The first-order valence-electron chi connectivity index (χ1n) is 4.94. The molecule has 0 amide bonds. The van der Waals surface area contributed by atoms with Crippen LogP contribution in [0.15, 0.2) is 23.4 Å². The Bertz CT molecular complexity index is 432. The summed E-state index contributed by atoms with van der Waals surface area (Å²) >= 11 is 0. The van der Waals surface area contributed by atoms with E-state index in [-0.39, 0.29) is 71.2 Å². The van der Waals surface area contributed by atoms with Crippen LogP contribution < -0.4 is 68.9 Å². The molecule has 1 aliphatic carbocycles. The summed E-state index contributed by atoms with van der Waals surface area (Å²) in [7, 11) is -5.05. The molecule has 0 heterocycles. The Morgan fingerprint density at radius 2 is 1.95 bits per heavy atom. The van der Waals surface area contributed by atoms with Crippen molar-refractivity contribution in [2.24, 2.45) is 5.92 Å². The van der Waals surface area contributed by atoms with Crippen molar-refractivity contribution in [3.05, 3.63) is 33.5 Å². The third kappa shape index (κ3) is 7.52. The van der Waals surface area contributed by atoms with Crippen LogP contribution >= 0.6 is 7.82 Å². The fraction of sp³-hybridized carbons (Fsp3) is 0.556. The van der Waals surface area contributed by atoms with Gasteiger partial charge in [-0.2, -0.15) is 0 Å². The van der Waals surface area contributed by atoms with Crippen LogP contribution in [0.3, 0.4) is 0 Å². The number of rotatable bonds is 5. The van der Waals surface area contributed by atoms with Crippen molar-refractivity contribution in [2.75, 3.05) is 0 Å². The molecule has 0 bridgehead atoms. The van der Waals surface area contributed by atoms with E-state index in [0.717, 1.165) is 5.57 Å². The average molecular weight is 307 g/mol. The zero-order valence-electron chi connectivity index (χ0n) is 11.4. The second-order valence-electron chi connectivity index (χ2n) is 3.91. The smallest absolute Gasteiger partial charge is 0.790 e. The summed E-state index contributed by atoms with van der Waals surface area (Å²) in [6.07, 6.45) is 2.18. The summed E-state index contributed by atoms with van der Waals surface area (Å²) in [5, 5.41) is 10.7. The van der Waals surface area contributed by atoms with Crippen molar-refractivity contribution < 1.29 is 82.9 Å². The molecule has 1 rings (SSSR count). The van der Waals surface area contributed by atoms with Crippen molar-refractivity contribution in [1.29, 1.82) is 0 Å². The number of nitro groups is 1. The molecule has 2 unspecified atom stereocenters. The average Bonchev–Trinajstić information content (AvgIpc) is 2.44. The normalized spacial score (nSPS) is 19.7. The van der Waals surface area contributed by atoms with E-state index < -0.39 is 24.8 Å². The molecule has 0 N–H and O–H groups in total. The Kier molecular flexibility index (Phi) is 10.7. The van der Waals surface area contributed by atoms with Crippen molar-refractivity contribution in [2.45, 2.75) is 26.4 Å².